The second-order valence-electron chi connectivity index (χ2n) is 16.9. The molecule has 0 spiro atoms. The number of amides is 5. The lowest BCUT2D eigenvalue weighted by Gasteiger charge is -2.42. The number of benzene rings is 2. The molecule has 3 atom stereocenters. The lowest BCUT2D eigenvalue weighted by atomic mass is 9.82. The molecule has 4 N–H and O–H groups in total. The molecule has 2 aromatic carbocycles. The highest BCUT2D eigenvalue weighted by Crippen LogP contribution is 2.42. The van der Waals surface area contributed by atoms with E-state index in [4.69, 9.17) is 9.90 Å². The van der Waals surface area contributed by atoms with E-state index in [0.29, 0.717) is 62.3 Å². The molecule has 13 nitrogen and oxygen atoms in total. The van der Waals surface area contributed by atoms with Gasteiger partial charge in [0.1, 0.15) is 17.8 Å². The topological polar surface area (TPSA) is 170 Å². The van der Waals surface area contributed by atoms with E-state index in [1.54, 1.807) is 17.2 Å². The largest absolute Gasteiger partial charge is 0.490 e. The van der Waals surface area contributed by atoms with E-state index in [-0.39, 0.29) is 73.5 Å². The SMILES string of the molecule is CC(C)(C)C(c1cc(-c2cc(F)ccc2F)cn1Cc1ccccc1)N(C[C@@H]1CNC[C@@H]1F)C(=O)CSCCC(=O)NCCNC(=O)CCCCCN1C(=O)C=CC1=O.O=C(O)C(F)(F)F. The van der Waals surface area contributed by atoms with Crippen LogP contribution in [0.1, 0.15) is 70.2 Å². The van der Waals surface area contributed by atoms with Gasteiger partial charge < -0.3 is 30.5 Å². The molecule has 66 heavy (non-hydrogen) atoms. The van der Waals surface area contributed by atoms with E-state index in [2.05, 4.69) is 16.0 Å². The van der Waals surface area contributed by atoms with Crippen molar-refractivity contribution in [1.82, 2.24) is 30.3 Å². The van der Waals surface area contributed by atoms with E-state index in [9.17, 15) is 41.5 Å². The molecule has 1 saturated heterocycles. The van der Waals surface area contributed by atoms with Gasteiger partial charge in [-0.3, -0.25) is 28.9 Å². The van der Waals surface area contributed by atoms with E-state index in [1.165, 1.54) is 28.8 Å². The van der Waals surface area contributed by atoms with Crippen molar-refractivity contribution in [3.8, 4) is 11.1 Å². The minimum Gasteiger partial charge on any atom is -0.475 e. The predicted molar refractivity (Wildman–Crippen MR) is 236 cm³/mol. The molecule has 3 heterocycles. The molecule has 1 unspecified atom stereocenters. The summed E-state index contributed by atoms with van der Waals surface area (Å²) in [5.41, 5.74) is 1.66. The van der Waals surface area contributed by atoms with Gasteiger partial charge >= 0.3 is 12.1 Å². The maximum absolute atomic E-state index is 15.2. The fourth-order valence-corrected chi connectivity index (χ4v) is 8.28. The molecule has 0 bridgehead atoms. The standard InChI is InChI=1S/C44H55F3N6O5S.C2HF3O2/c1-44(2,3)43(37-22-31(34-23-33(45)13-14-35(34)46)27-51(37)26-30-10-6-4-7-11-30)53(28-32-24-48-25-36(32)47)42(58)29-59-21-17-39(55)50-19-18-49-38(54)12-8-5-9-20-52-40(56)15-16-41(52)57;3-2(4,5)1(6)7/h4,6-7,10-11,13-16,22-23,27,32,36,43,48H,5,8-9,12,17-21,24-26,28-29H2,1-3H3,(H,49,54)(H,50,55);(H,6,7)/t32-,36-,43?;/m0./s1. The van der Waals surface area contributed by atoms with Crippen LogP contribution in [0.5, 0.6) is 0 Å². The minimum atomic E-state index is -5.08. The Hall–Kier alpha value is -5.63. The smallest absolute Gasteiger partial charge is 0.475 e. The maximum atomic E-state index is 15.2. The number of hydrogen-bond donors (Lipinski definition) is 4. The van der Waals surface area contributed by atoms with Crippen molar-refractivity contribution < 1.29 is 60.2 Å². The summed E-state index contributed by atoms with van der Waals surface area (Å²) >= 11 is 1.30. The number of halogens is 6. The van der Waals surface area contributed by atoms with Gasteiger partial charge in [-0.05, 0) is 48.1 Å². The summed E-state index contributed by atoms with van der Waals surface area (Å²) in [6.45, 7) is 7.97. The molecule has 360 valence electrons. The highest BCUT2D eigenvalue weighted by molar-refractivity contribution is 7.99. The second kappa shape index (κ2) is 24.8. The van der Waals surface area contributed by atoms with Crippen LogP contribution in [-0.4, -0.2) is 118 Å². The quantitative estimate of drug-likeness (QED) is 0.0534. The number of aliphatic carboxylic acids is 1. The first-order valence-corrected chi connectivity index (χ1v) is 22.6. The number of carbonyl (C=O) groups excluding carboxylic acids is 5. The van der Waals surface area contributed by atoms with Crippen LogP contribution in [0, 0.1) is 23.0 Å². The molecule has 5 amide bonds. The van der Waals surface area contributed by atoms with Gasteiger partial charge in [-0.25, -0.2) is 18.0 Å². The van der Waals surface area contributed by atoms with E-state index in [0.717, 1.165) is 23.8 Å². The molecular weight excluding hydrogens is 895 g/mol. The summed E-state index contributed by atoms with van der Waals surface area (Å²) in [6.07, 6.45) is 0.386. The van der Waals surface area contributed by atoms with Crippen LogP contribution < -0.4 is 16.0 Å². The summed E-state index contributed by atoms with van der Waals surface area (Å²) in [6, 6.07) is 14.2. The molecule has 2 aliphatic rings. The highest BCUT2D eigenvalue weighted by Gasteiger charge is 2.41. The van der Waals surface area contributed by atoms with Crippen LogP contribution in [0.4, 0.5) is 26.3 Å². The summed E-state index contributed by atoms with van der Waals surface area (Å²) in [5.74, 6) is -5.20. The van der Waals surface area contributed by atoms with Crippen molar-refractivity contribution in [2.45, 2.75) is 77.8 Å². The number of carbonyl (C=O) groups is 6. The molecule has 3 aromatic rings. The average molecular weight is 951 g/mol. The number of hydrogen-bond acceptors (Lipinski definition) is 8. The lowest BCUT2D eigenvalue weighted by Crippen LogP contribution is -2.46. The van der Waals surface area contributed by atoms with E-state index >= 15 is 8.78 Å². The van der Waals surface area contributed by atoms with Gasteiger partial charge in [0, 0.05) is 105 Å². The first-order valence-electron chi connectivity index (χ1n) is 21.4. The molecule has 2 aliphatic heterocycles. The summed E-state index contributed by atoms with van der Waals surface area (Å²) < 4.78 is 78.5. The molecule has 20 heteroatoms. The Labute approximate surface area is 383 Å². The van der Waals surface area contributed by atoms with E-state index < -0.39 is 47.3 Å². The van der Waals surface area contributed by atoms with Crippen LogP contribution >= 0.6 is 11.8 Å². The number of aromatic nitrogens is 1. The Morgan fingerprint density at radius 1 is 0.894 bits per heavy atom. The molecule has 1 fully saturated rings. The summed E-state index contributed by atoms with van der Waals surface area (Å²) in [5, 5.41) is 15.8. The Morgan fingerprint density at radius 2 is 1.53 bits per heavy atom. The average Bonchev–Trinajstić information content (AvgIpc) is 3.95. The van der Waals surface area contributed by atoms with Crippen LogP contribution in [0.25, 0.3) is 11.1 Å². The van der Waals surface area contributed by atoms with Gasteiger partial charge in [0.25, 0.3) is 11.8 Å². The lowest BCUT2D eigenvalue weighted by molar-refractivity contribution is -0.192. The van der Waals surface area contributed by atoms with Crippen molar-refractivity contribution in [2.75, 3.05) is 50.8 Å². The summed E-state index contributed by atoms with van der Waals surface area (Å²) in [7, 11) is 0. The molecule has 1 aromatic heterocycles. The van der Waals surface area contributed by atoms with Gasteiger partial charge in [0.15, 0.2) is 0 Å². The first-order chi connectivity index (χ1) is 31.1. The molecule has 0 aliphatic carbocycles. The number of carboxylic acids is 1. The van der Waals surface area contributed by atoms with Gasteiger partial charge in [0.2, 0.25) is 17.7 Å². The van der Waals surface area contributed by atoms with Crippen LogP contribution in [0.15, 0.2) is 72.9 Å². The first kappa shape index (κ1) is 53.0. The highest BCUT2D eigenvalue weighted by atomic mass is 32.2. The van der Waals surface area contributed by atoms with Crippen LogP contribution in [0.2, 0.25) is 0 Å². The number of unbranched alkanes of at least 4 members (excludes halogenated alkanes) is 2. The van der Waals surface area contributed by atoms with Crippen molar-refractivity contribution in [3.63, 3.8) is 0 Å². The van der Waals surface area contributed by atoms with Crippen molar-refractivity contribution >= 4 is 47.3 Å². The van der Waals surface area contributed by atoms with Gasteiger partial charge in [0.05, 0.1) is 11.8 Å². The number of nitrogens with one attached hydrogen (secondary N) is 3. The van der Waals surface area contributed by atoms with Crippen molar-refractivity contribution in [1.29, 1.82) is 0 Å². The number of carboxylic acid groups (broad SMARTS) is 1. The van der Waals surface area contributed by atoms with Crippen LogP contribution in [0.3, 0.4) is 0 Å². The fourth-order valence-electron chi connectivity index (χ4n) is 7.47. The molecular formula is C46H56F6N6O7S. The third kappa shape index (κ3) is 16.4. The summed E-state index contributed by atoms with van der Waals surface area (Å²) in [4.78, 5) is 74.2. The second-order valence-corrected chi connectivity index (χ2v) is 18.0. The zero-order chi connectivity index (χ0) is 48.6. The van der Waals surface area contributed by atoms with Gasteiger partial charge in [-0.2, -0.15) is 24.9 Å². The zero-order valence-electron chi connectivity index (χ0n) is 37.0. The third-order valence-corrected chi connectivity index (χ3v) is 11.6. The van der Waals surface area contributed by atoms with Crippen molar-refractivity contribution in [3.05, 3.63) is 95.8 Å². The van der Waals surface area contributed by atoms with Crippen LogP contribution in [-0.2, 0) is 35.3 Å². The molecule has 5 rings (SSSR count). The van der Waals surface area contributed by atoms with E-state index in [1.807, 2.05) is 55.7 Å². The monoisotopic (exact) mass is 950 g/mol. The Kier molecular flexibility index (Phi) is 19.9. The van der Waals surface area contributed by atoms with Gasteiger partial charge in [-0.1, -0.05) is 57.5 Å². The number of rotatable bonds is 21. The Balaban J connectivity index is 0.00000126. The number of imide groups is 1. The van der Waals surface area contributed by atoms with Gasteiger partial charge in [-0.15, -0.1) is 0 Å². The normalized spacial score (nSPS) is 16.5. The third-order valence-electron chi connectivity index (χ3n) is 10.7. The molecule has 0 radical (unpaired) electrons. The minimum absolute atomic E-state index is 0.0410. The fraction of sp³-hybridized carbons (Fsp3) is 0.478. The maximum Gasteiger partial charge on any atom is 0.490 e. The Bertz CT molecular complexity index is 2160. The molecule has 0 saturated carbocycles. The Morgan fingerprint density at radius 3 is 2.12 bits per heavy atom. The number of alkyl halides is 4. The zero-order valence-corrected chi connectivity index (χ0v) is 37.8. The number of nitrogens with zero attached hydrogens (tertiary/aromatic N) is 3. The predicted octanol–water partition coefficient (Wildman–Crippen LogP) is 6.43. The van der Waals surface area contributed by atoms with Crippen molar-refractivity contribution in [2.24, 2.45) is 11.3 Å². The number of thioether (sulfide) groups is 1.